The average Bonchev–Trinajstić information content (AvgIpc) is 2.85. The number of likely N-dealkylation sites (N-methyl/N-ethyl adjacent to an activating group) is 1. The number of nitrogens with zero attached hydrogens (tertiary/aromatic N) is 1. The van der Waals surface area contributed by atoms with E-state index in [1.165, 1.54) is 11.1 Å². The Morgan fingerprint density at radius 1 is 0.868 bits per heavy atom. The molecule has 0 heterocycles. The minimum Gasteiger partial charge on any atom is -0.494 e. The lowest BCUT2D eigenvalue weighted by atomic mass is 9.89. The van der Waals surface area contributed by atoms with Crippen LogP contribution in [0.5, 0.6) is 5.75 Å². The molecule has 0 aliphatic carbocycles. The summed E-state index contributed by atoms with van der Waals surface area (Å²) in [7, 11) is 6.02. The number of amides is 2. The number of ether oxygens (including phenoxy) is 1. The van der Waals surface area contributed by atoms with Crippen LogP contribution in [-0.4, -0.2) is 68.5 Å². The molecule has 0 saturated heterocycles. The van der Waals surface area contributed by atoms with Crippen LogP contribution in [-0.2, 0) is 4.79 Å². The highest BCUT2D eigenvalue weighted by Gasteiger charge is 2.34. The van der Waals surface area contributed by atoms with E-state index in [0.717, 1.165) is 37.9 Å². The predicted octanol–water partition coefficient (Wildman–Crippen LogP) is 5.80. The summed E-state index contributed by atoms with van der Waals surface area (Å²) in [5.41, 5.74) is 2.38. The number of carboxylic acid groups (broad SMARTS) is 1. The monoisotopic (exact) mass is 526 g/mol. The molecule has 0 aliphatic rings. The number of nitrogens with one attached hydrogen (secondary N) is 2. The summed E-state index contributed by atoms with van der Waals surface area (Å²) in [6, 6.07) is 17.8. The van der Waals surface area contributed by atoms with E-state index in [-0.39, 0.29) is 11.9 Å². The minimum atomic E-state index is -0.856. The zero-order chi connectivity index (χ0) is 28.0. The Morgan fingerprint density at radius 2 is 1.47 bits per heavy atom. The molecular formula is C31H48N3O4+. The molecule has 0 aliphatic heterocycles. The number of hydrogen-bond acceptors (Lipinski definition) is 3. The van der Waals surface area contributed by atoms with Crippen LogP contribution < -0.4 is 15.4 Å². The third kappa shape index (κ3) is 12.5. The smallest absolute Gasteiger partial charge is 0.315 e. The quantitative estimate of drug-likeness (QED) is 0.179. The highest BCUT2D eigenvalue weighted by molar-refractivity contribution is 5.76. The molecule has 7 nitrogen and oxygen atoms in total. The number of rotatable bonds is 17. The van der Waals surface area contributed by atoms with Crippen molar-refractivity contribution in [3.8, 4) is 16.9 Å². The van der Waals surface area contributed by atoms with E-state index >= 15 is 0 Å². The fraction of sp³-hybridized carbons (Fsp3) is 0.548. The molecule has 2 aromatic rings. The summed E-state index contributed by atoms with van der Waals surface area (Å²) in [4.78, 5) is 24.4. The summed E-state index contributed by atoms with van der Waals surface area (Å²) >= 11 is 0. The molecule has 0 radical (unpaired) electrons. The van der Waals surface area contributed by atoms with E-state index in [2.05, 4.69) is 34.9 Å². The largest absolute Gasteiger partial charge is 0.494 e. The Labute approximate surface area is 229 Å². The van der Waals surface area contributed by atoms with Gasteiger partial charge in [0.2, 0.25) is 0 Å². The maximum Gasteiger partial charge on any atom is 0.315 e. The van der Waals surface area contributed by atoms with Crippen molar-refractivity contribution in [2.45, 2.75) is 58.4 Å². The van der Waals surface area contributed by atoms with E-state index in [1.807, 2.05) is 65.3 Å². The molecule has 38 heavy (non-hydrogen) atoms. The third-order valence-corrected chi connectivity index (χ3v) is 6.43. The molecule has 2 atom stereocenters. The Bertz CT molecular complexity index is 955. The zero-order valence-corrected chi connectivity index (χ0v) is 23.9. The van der Waals surface area contributed by atoms with Gasteiger partial charge in [-0.1, -0.05) is 75.6 Å². The standard InChI is InChI=1S/C31H47N3O4/c1-24(2)22-28(30(35)36)29(23-34(3,4)5)33-31(37)32-20-12-7-6-8-13-21-38-27-18-16-26(17-19-27)25-14-10-9-11-15-25/h9-11,14-19,24,28-29H,6-8,12-13,20-23H2,1-5H3,(H2-,32,33,35,36,37)/p+1/t28-,29?/m1/s1. The molecule has 0 fully saturated rings. The lowest BCUT2D eigenvalue weighted by Gasteiger charge is -2.33. The van der Waals surface area contributed by atoms with Gasteiger partial charge in [-0.3, -0.25) is 4.79 Å². The molecular weight excluding hydrogens is 478 g/mol. The number of unbranched alkanes of at least 4 members (excludes halogenated alkanes) is 4. The first kappa shape index (κ1) is 31.2. The minimum absolute atomic E-state index is 0.238. The van der Waals surface area contributed by atoms with Crippen molar-refractivity contribution in [3.05, 3.63) is 54.6 Å². The van der Waals surface area contributed by atoms with Crippen LogP contribution >= 0.6 is 0 Å². The van der Waals surface area contributed by atoms with E-state index in [0.29, 0.717) is 30.6 Å². The van der Waals surface area contributed by atoms with Crippen molar-refractivity contribution in [2.24, 2.45) is 11.8 Å². The van der Waals surface area contributed by atoms with Gasteiger partial charge in [0.15, 0.2) is 0 Å². The number of carbonyl (C=O) groups is 2. The molecule has 2 rings (SSSR count). The number of hydrogen-bond donors (Lipinski definition) is 3. The van der Waals surface area contributed by atoms with Gasteiger partial charge in [0, 0.05) is 6.54 Å². The fourth-order valence-corrected chi connectivity index (χ4v) is 4.55. The van der Waals surface area contributed by atoms with Crippen LogP contribution in [0.25, 0.3) is 11.1 Å². The van der Waals surface area contributed by atoms with E-state index in [1.54, 1.807) is 0 Å². The number of benzene rings is 2. The first-order chi connectivity index (χ1) is 18.0. The van der Waals surface area contributed by atoms with Crippen LogP contribution in [0.3, 0.4) is 0 Å². The topological polar surface area (TPSA) is 87.7 Å². The van der Waals surface area contributed by atoms with Crippen molar-refractivity contribution in [1.82, 2.24) is 10.6 Å². The Morgan fingerprint density at radius 3 is 2.08 bits per heavy atom. The second kappa shape index (κ2) is 16.0. The Balaban J connectivity index is 1.61. The van der Waals surface area contributed by atoms with E-state index in [4.69, 9.17) is 4.74 Å². The average molecular weight is 527 g/mol. The Hall–Kier alpha value is -3.06. The van der Waals surface area contributed by atoms with Crippen LogP contribution in [0.2, 0.25) is 0 Å². The number of aliphatic carboxylic acids is 1. The van der Waals surface area contributed by atoms with E-state index in [9.17, 15) is 14.7 Å². The fourth-order valence-electron chi connectivity index (χ4n) is 4.55. The van der Waals surface area contributed by atoms with Gasteiger partial charge in [0.05, 0.1) is 46.3 Å². The van der Waals surface area contributed by atoms with Gasteiger partial charge in [-0.25, -0.2) is 4.79 Å². The van der Waals surface area contributed by atoms with Crippen LogP contribution in [0.15, 0.2) is 54.6 Å². The highest BCUT2D eigenvalue weighted by atomic mass is 16.5. The summed E-state index contributed by atoms with van der Waals surface area (Å²) in [5.74, 6) is -0.337. The summed E-state index contributed by atoms with van der Waals surface area (Å²) in [5, 5.41) is 15.6. The van der Waals surface area contributed by atoms with Gasteiger partial charge in [0.1, 0.15) is 5.75 Å². The molecule has 3 N–H and O–H groups in total. The van der Waals surface area contributed by atoms with Gasteiger partial charge < -0.3 is 25.0 Å². The lowest BCUT2D eigenvalue weighted by molar-refractivity contribution is -0.871. The van der Waals surface area contributed by atoms with Crippen LogP contribution in [0.4, 0.5) is 4.79 Å². The maximum absolute atomic E-state index is 12.5. The molecule has 0 spiro atoms. The lowest BCUT2D eigenvalue weighted by Crippen LogP contribution is -2.56. The van der Waals surface area contributed by atoms with Crippen molar-refractivity contribution in [3.63, 3.8) is 0 Å². The summed E-state index contributed by atoms with van der Waals surface area (Å²) in [6.45, 7) is 5.84. The van der Waals surface area contributed by atoms with Crippen molar-refractivity contribution < 1.29 is 23.9 Å². The number of carboxylic acids is 1. The highest BCUT2D eigenvalue weighted by Crippen LogP contribution is 2.22. The van der Waals surface area contributed by atoms with Crippen molar-refractivity contribution in [1.29, 1.82) is 0 Å². The van der Waals surface area contributed by atoms with Crippen LogP contribution in [0.1, 0.15) is 52.4 Å². The molecule has 0 aromatic heterocycles. The molecule has 2 aromatic carbocycles. The van der Waals surface area contributed by atoms with Gasteiger partial charge >= 0.3 is 12.0 Å². The first-order valence-electron chi connectivity index (χ1n) is 13.9. The molecule has 0 bridgehead atoms. The second-order valence-corrected chi connectivity index (χ2v) is 11.6. The second-order valence-electron chi connectivity index (χ2n) is 11.6. The van der Waals surface area contributed by atoms with Gasteiger partial charge in [-0.15, -0.1) is 0 Å². The zero-order valence-electron chi connectivity index (χ0n) is 23.9. The maximum atomic E-state index is 12.5. The molecule has 1 unspecified atom stereocenters. The van der Waals surface area contributed by atoms with Crippen molar-refractivity contribution >= 4 is 12.0 Å². The molecule has 0 saturated carbocycles. The number of urea groups is 1. The SMILES string of the molecule is CC(C)C[C@@H](C(=O)O)C(C[N+](C)(C)C)NC(=O)NCCCCCCCOc1ccc(-c2ccccc2)cc1. The van der Waals surface area contributed by atoms with Gasteiger partial charge in [-0.2, -0.15) is 0 Å². The Kier molecular flexibility index (Phi) is 13.1. The van der Waals surface area contributed by atoms with Gasteiger partial charge in [-0.05, 0) is 48.4 Å². The molecule has 210 valence electrons. The third-order valence-electron chi connectivity index (χ3n) is 6.43. The van der Waals surface area contributed by atoms with Crippen molar-refractivity contribution in [2.75, 3.05) is 40.8 Å². The summed E-state index contributed by atoms with van der Waals surface area (Å²) < 4.78 is 6.46. The summed E-state index contributed by atoms with van der Waals surface area (Å²) in [6.07, 6.45) is 5.61. The van der Waals surface area contributed by atoms with Crippen LogP contribution in [0, 0.1) is 11.8 Å². The molecule has 7 heteroatoms. The van der Waals surface area contributed by atoms with E-state index < -0.39 is 17.9 Å². The molecule has 2 amide bonds. The van der Waals surface area contributed by atoms with Gasteiger partial charge in [0.25, 0.3) is 0 Å². The number of quaternary nitrogens is 1. The first-order valence-corrected chi connectivity index (χ1v) is 13.9. The predicted molar refractivity (Wildman–Crippen MR) is 154 cm³/mol. The normalized spacial score (nSPS) is 13.1. The number of carbonyl (C=O) groups excluding carboxylic acids is 1.